The molecular weight excluding hydrogens is 360 g/mol. The highest BCUT2D eigenvalue weighted by Gasteiger charge is 2.36. The summed E-state index contributed by atoms with van der Waals surface area (Å²) in [7, 11) is 0. The van der Waals surface area contributed by atoms with Crippen LogP contribution in [-0.2, 0) is 12.8 Å². The standard InChI is InChI=1S/C26H42O3/c1-25(15-16-25)13-9-5-3-7-11-20-21(24(29)23(28)19-22(20)27)12-8-4-6-10-14-26(2)17-18-26/h19,27-29H,3-18H2,1-2H3. The monoisotopic (exact) mass is 402 g/mol. The molecule has 0 spiro atoms. The molecule has 2 aliphatic carbocycles. The summed E-state index contributed by atoms with van der Waals surface area (Å²) < 4.78 is 0. The summed E-state index contributed by atoms with van der Waals surface area (Å²) >= 11 is 0. The van der Waals surface area contributed by atoms with Crippen molar-refractivity contribution in [1.29, 1.82) is 0 Å². The molecule has 3 nitrogen and oxygen atoms in total. The van der Waals surface area contributed by atoms with Gasteiger partial charge >= 0.3 is 0 Å². The fraction of sp³-hybridized carbons (Fsp3) is 0.769. The molecule has 0 atom stereocenters. The minimum absolute atomic E-state index is 0.0232. The molecule has 0 unspecified atom stereocenters. The van der Waals surface area contributed by atoms with Gasteiger partial charge in [-0.15, -0.1) is 0 Å². The molecule has 1 aromatic rings. The first-order chi connectivity index (χ1) is 13.8. The first-order valence-corrected chi connectivity index (χ1v) is 12.1. The fourth-order valence-corrected chi connectivity index (χ4v) is 4.63. The van der Waals surface area contributed by atoms with Gasteiger partial charge in [-0.1, -0.05) is 52.4 Å². The van der Waals surface area contributed by atoms with E-state index in [0.29, 0.717) is 10.8 Å². The van der Waals surface area contributed by atoms with E-state index in [2.05, 4.69) is 13.8 Å². The predicted molar refractivity (Wildman–Crippen MR) is 120 cm³/mol. The van der Waals surface area contributed by atoms with Crippen LogP contribution in [0.3, 0.4) is 0 Å². The Hall–Kier alpha value is -1.38. The zero-order chi connectivity index (χ0) is 20.9. The first kappa shape index (κ1) is 22.3. The molecule has 29 heavy (non-hydrogen) atoms. The molecule has 0 aliphatic heterocycles. The maximum absolute atomic E-state index is 10.4. The zero-order valence-electron chi connectivity index (χ0n) is 18.7. The number of unbranched alkanes of at least 4 members (excludes halogenated alkanes) is 6. The Morgan fingerprint density at radius 1 is 0.621 bits per heavy atom. The van der Waals surface area contributed by atoms with E-state index >= 15 is 0 Å². The second-order valence-corrected chi connectivity index (χ2v) is 10.7. The van der Waals surface area contributed by atoms with Gasteiger partial charge < -0.3 is 15.3 Å². The maximum atomic E-state index is 10.4. The predicted octanol–water partition coefficient (Wildman–Crippen LogP) is 7.39. The third-order valence-corrected chi connectivity index (χ3v) is 7.60. The Bertz CT molecular complexity index is 671. The number of benzene rings is 1. The number of aromatic hydroxyl groups is 3. The van der Waals surface area contributed by atoms with E-state index in [1.807, 2.05) is 0 Å². The van der Waals surface area contributed by atoms with Gasteiger partial charge in [0.2, 0.25) is 0 Å². The number of phenolic OH excluding ortho intramolecular Hbond substituents is 3. The third kappa shape index (κ3) is 6.83. The molecule has 0 radical (unpaired) electrons. The van der Waals surface area contributed by atoms with Crippen LogP contribution < -0.4 is 0 Å². The summed E-state index contributed by atoms with van der Waals surface area (Å²) in [5.74, 6) is -0.0759. The average molecular weight is 403 g/mol. The van der Waals surface area contributed by atoms with Crippen LogP contribution in [0.2, 0.25) is 0 Å². The van der Waals surface area contributed by atoms with Gasteiger partial charge in [-0.2, -0.15) is 0 Å². The fourth-order valence-electron chi connectivity index (χ4n) is 4.63. The minimum Gasteiger partial charge on any atom is -0.508 e. The number of phenols is 3. The first-order valence-electron chi connectivity index (χ1n) is 12.1. The van der Waals surface area contributed by atoms with E-state index in [-0.39, 0.29) is 17.2 Å². The van der Waals surface area contributed by atoms with Crippen LogP contribution in [0.15, 0.2) is 6.07 Å². The highest BCUT2D eigenvalue weighted by molar-refractivity contribution is 5.55. The molecule has 1 aromatic carbocycles. The lowest BCUT2D eigenvalue weighted by molar-refractivity contribution is 0.387. The van der Waals surface area contributed by atoms with Crippen LogP contribution in [-0.4, -0.2) is 15.3 Å². The van der Waals surface area contributed by atoms with Gasteiger partial charge in [0.15, 0.2) is 11.5 Å². The molecule has 0 amide bonds. The number of rotatable bonds is 14. The lowest BCUT2D eigenvalue weighted by atomic mass is 9.93. The average Bonchev–Trinajstić information content (AvgIpc) is 3.59. The van der Waals surface area contributed by atoms with Crippen molar-refractivity contribution in [2.75, 3.05) is 0 Å². The van der Waals surface area contributed by atoms with Gasteiger partial charge in [0.05, 0.1) is 0 Å². The normalized spacial score (nSPS) is 18.7. The Labute approximate surface area is 177 Å². The van der Waals surface area contributed by atoms with Gasteiger partial charge in [-0.3, -0.25) is 0 Å². The third-order valence-electron chi connectivity index (χ3n) is 7.60. The second kappa shape index (κ2) is 9.62. The Morgan fingerprint density at radius 2 is 1.07 bits per heavy atom. The Balaban J connectivity index is 1.42. The molecule has 0 bridgehead atoms. The van der Waals surface area contributed by atoms with Crippen LogP contribution in [0, 0.1) is 10.8 Å². The Kier molecular flexibility index (Phi) is 7.40. The summed E-state index contributed by atoms with van der Waals surface area (Å²) in [5.41, 5.74) is 2.89. The molecule has 3 N–H and O–H groups in total. The van der Waals surface area contributed by atoms with Crippen molar-refractivity contribution in [3.05, 3.63) is 17.2 Å². The SMILES string of the molecule is CC1(CCCCCCc2c(O)cc(O)c(O)c2CCCCCCC2(C)CC2)CC1. The molecule has 3 heteroatoms. The molecule has 0 saturated heterocycles. The smallest absolute Gasteiger partial charge is 0.161 e. The van der Waals surface area contributed by atoms with Crippen LogP contribution >= 0.6 is 0 Å². The van der Waals surface area contributed by atoms with E-state index in [9.17, 15) is 15.3 Å². The van der Waals surface area contributed by atoms with Crippen molar-refractivity contribution in [1.82, 2.24) is 0 Å². The van der Waals surface area contributed by atoms with Crippen molar-refractivity contribution in [3.8, 4) is 17.2 Å². The summed E-state index contributed by atoms with van der Waals surface area (Å²) in [6, 6.07) is 1.30. The van der Waals surface area contributed by atoms with E-state index < -0.39 is 0 Å². The topological polar surface area (TPSA) is 60.7 Å². The summed E-state index contributed by atoms with van der Waals surface area (Å²) in [6.07, 6.45) is 19.2. The van der Waals surface area contributed by atoms with Gasteiger partial charge in [-0.25, -0.2) is 0 Å². The van der Waals surface area contributed by atoms with E-state index in [0.717, 1.165) is 49.7 Å². The van der Waals surface area contributed by atoms with E-state index in [1.165, 1.54) is 70.3 Å². The zero-order valence-corrected chi connectivity index (χ0v) is 18.7. The van der Waals surface area contributed by atoms with Crippen LogP contribution in [0.1, 0.15) is 115 Å². The number of hydrogen-bond acceptors (Lipinski definition) is 3. The van der Waals surface area contributed by atoms with Crippen molar-refractivity contribution < 1.29 is 15.3 Å². The summed E-state index contributed by atoms with van der Waals surface area (Å²) in [5, 5.41) is 30.7. The quantitative estimate of drug-likeness (QED) is 0.173. The molecule has 2 aliphatic rings. The van der Waals surface area contributed by atoms with Crippen LogP contribution in [0.25, 0.3) is 0 Å². The molecule has 0 aromatic heterocycles. The van der Waals surface area contributed by atoms with Gasteiger partial charge in [0.1, 0.15) is 5.75 Å². The largest absolute Gasteiger partial charge is 0.508 e. The summed E-state index contributed by atoms with van der Waals surface area (Å²) in [6.45, 7) is 4.78. The molecule has 2 fully saturated rings. The summed E-state index contributed by atoms with van der Waals surface area (Å²) in [4.78, 5) is 0. The van der Waals surface area contributed by atoms with E-state index in [4.69, 9.17) is 0 Å². The van der Waals surface area contributed by atoms with Crippen molar-refractivity contribution in [2.24, 2.45) is 10.8 Å². The van der Waals surface area contributed by atoms with Crippen molar-refractivity contribution in [3.63, 3.8) is 0 Å². The molecule has 164 valence electrons. The Morgan fingerprint density at radius 3 is 1.55 bits per heavy atom. The van der Waals surface area contributed by atoms with Crippen molar-refractivity contribution in [2.45, 2.75) is 117 Å². The lowest BCUT2D eigenvalue weighted by Gasteiger charge is -2.15. The van der Waals surface area contributed by atoms with E-state index in [1.54, 1.807) is 0 Å². The minimum atomic E-state index is -0.194. The molecule has 2 saturated carbocycles. The van der Waals surface area contributed by atoms with Crippen LogP contribution in [0.4, 0.5) is 0 Å². The van der Waals surface area contributed by atoms with Gasteiger partial charge in [0, 0.05) is 17.2 Å². The van der Waals surface area contributed by atoms with Crippen molar-refractivity contribution >= 4 is 0 Å². The highest BCUT2D eigenvalue weighted by Crippen LogP contribution is 2.50. The number of hydrogen-bond donors (Lipinski definition) is 3. The highest BCUT2D eigenvalue weighted by atomic mass is 16.3. The lowest BCUT2D eigenvalue weighted by Crippen LogP contribution is -1.99. The van der Waals surface area contributed by atoms with Gasteiger partial charge in [-0.05, 0) is 75.0 Å². The van der Waals surface area contributed by atoms with Crippen LogP contribution in [0.5, 0.6) is 17.2 Å². The molecule has 3 rings (SSSR count). The second-order valence-electron chi connectivity index (χ2n) is 10.7. The molecular formula is C26H42O3. The maximum Gasteiger partial charge on any atom is 0.161 e. The molecule has 0 heterocycles. The van der Waals surface area contributed by atoms with Gasteiger partial charge in [0.25, 0.3) is 0 Å².